The highest BCUT2D eigenvalue weighted by atomic mass is 32.2. The molecular formula is C15H16NO2S2+. The van der Waals surface area contributed by atoms with Crippen LogP contribution in [0.2, 0.25) is 0 Å². The first-order chi connectivity index (χ1) is 9.67. The molecule has 0 saturated carbocycles. The number of aromatic nitrogens is 1. The summed E-state index contributed by atoms with van der Waals surface area (Å²) in [4.78, 5) is 12.1. The Labute approximate surface area is 128 Å². The summed E-state index contributed by atoms with van der Waals surface area (Å²) < 4.78 is 7.51. The van der Waals surface area contributed by atoms with Gasteiger partial charge in [-0.3, -0.25) is 0 Å². The van der Waals surface area contributed by atoms with Crippen molar-refractivity contribution in [1.29, 1.82) is 0 Å². The first-order valence-electron chi connectivity index (χ1n) is 6.22. The van der Waals surface area contributed by atoms with Crippen molar-refractivity contribution < 1.29 is 14.1 Å². The van der Waals surface area contributed by atoms with Gasteiger partial charge in [0.1, 0.15) is 4.24 Å². The Morgan fingerprint density at radius 1 is 1.30 bits per heavy atom. The number of benzene rings is 1. The molecule has 0 aliphatic rings. The first kappa shape index (κ1) is 14.9. The van der Waals surface area contributed by atoms with Gasteiger partial charge in [-0.25, -0.2) is 4.79 Å². The van der Waals surface area contributed by atoms with Crippen LogP contribution in [0.3, 0.4) is 0 Å². The van der Waals surface area contributed by atoms with Gasteiger partial charge in [0.15, 0.2) is 12.4 Å². The highest BCUT2D eigenvalue weighted by molar-refractivity contribution is 8.15. The van der Waals surface area contributed by atoms with E-state index in [0.717, 1.165) is 10.8 Å². The van der Waals surface area contributed by atoms with Gasteiger partial charge < -0.3 is 4.74 Å². The summed E-state index contributed by atoms with van der Waals surface area (Å²) in [6.45, 7) is 2.13. The zero-order chi connectivity index (χ0) is 14.5. The molecule has 0 N–H and O–H groups in total. The highest BCUT2D eigenvalue weighted by Crippen LogP contribution is 2.22. The number of fused-ring (bicyclic) bond motifs is 1. The van der Waals surface area contributed by atoms with E-state index in [0.29, 0.717) is 16.5 Å². The molecule has 20 heavy (non-hydrogen) atoms. The lowest BCUT2D eigenvalue weighted by Crippen LogP contribution is -2.37. The molecule has 0 atom stereocenters. The van der Waals surface area contributed by atoms with Crippen LogP contribution in [0.15, 0.2) is 47.0 Å². The molecule has 1 heterocycles. The Morgan fingerprint density at radius 2 is 2.00 bits per heavy atom. The molecule has 0 unspecified atom stereocenters. The average Bonchev–Trinajstić information content (AvgIpc) is 2.47. The number of carbonyl (C=O) groups is 1. The van der Waals surface area contributed by atoms with E-state index in [-0.39, 0.29) is 5.97 Å². The molecule has 0 amide bonds. The SMILES string of the molecule is CCOC(=O)/C(=C(/S)SC)[n+]1ccc2ccccc2c1. The fraction of sp³-hybridized carbons (Fsp3) is 0.200. The van der Waals surface area contributed by atoms with Gasteiger partial charge in [-0.1, -0.05) is 18.2 Å². The molecule has 0 radical (unpaired) electrons. The van der Waals surface area contributed by atoms with E-state index < -0.39 is 0 Å². The Balaban J connectivity index is 2.54. The summed E-state index contributed by atoms with van der Waals surface area (Å²) in [6.07, 6.45) is 5.64. The highest BCUT2D eigenvalue weighted by Gasteiger charge is 2.25. The van der Waals surface area contributed by atoms with E-state index in [1.54, 1.807) is 11.5 Å². The summed E-state index contributed by atoms with van der Waals surface area (Å²) in [5.41, 5.74) is 0.438. The molecule has 3 nitrogen and oxygen atoms in total. The molecule has 104 valence electrons. The Bertz CT molecular complexity index is 668. The Kier molecular flexibility index (Phi) is 5.09. The summed E-state index contributed by atoms with van der Waals surface area (Å²) in [7, 11) is 0. The number of pyridine rings is 1. The second kappa shape index (κ2) is 6.81. The van der Waals surface area contributed by atoms with Gasteiger partial charge >= 0.3 is 11.7 Å². The third-order valence-corrected chi connectivity index (χ3v) is 4.15. The predicted molar refractivity (Wildman–Crippen MR) is 86.5 cm³/mol. The molecule has 0 aliphatic carbocycles. The number of hydrogen-bond acceptors (Lipinski definition) is 4. The third-order valence-electron chi connectivity index (χ3n) is 2.81. The quantitative estimate of drug-likeness (QED) is 0.407. The molecule has 0 saturated heterocycles. The first-order valence-corrected chi connectivity index (χ1v) is 7.89. The van der Waals surface area contributed by atoms with Crippen LogP contribution in [0.25, 0.3) is 16.5 Å². The molecular weight excluding hydrogens is 290 g/mol. The zero-order valence-corrected chi connectivity index (χ0v) is 13.1. The molecule has 0 aliphatic heterocycles. The summed E-state index contributed by atoms with van der Waals surface area (Å²) >= 11 is 5.79. The maximum atomic E-state index is 12.1. The topological polar surface area (TPSA) is 30.2 Å². The zero-order valence-electron chi connectivity index (χ0n) is 11.4. The largest absolute Gasteiger partial charge is 0.458 e. The van der Waals surface area contributed by atoms with Crippen LogP contribution in [-0.2, 0) is 9.53 Å². The molecule has 0 fully saturated rings. The molecule has 0 spiro atoms. The monoisotopic (exact) mass is 306 g/mol. The van der Waals surface area contributed by atoms with Crippen LogP contribution in [-0.4, -0.2) is 18.8 Å². The molecule has 1 aromatic heterocycles. The van der Waals surface area contributed by atoms with E-state index in [4.69, 9.17) is 4.74 Å². The smallest absolute Gasteiger partial charge is 0.405 e. The summed E-state index contributed by atoms with van der Waals surface area (Å²) in [5.74, 6) is -0.368. The number of nitrogens with zero attached hydrogens (tertiary/aromatic N) is 1. The summed E-state index contributed by atoms with van der Waals surface area (Å²) in [5, 5.41) is 2.18. The van der Waals surface area contributed by atoms with Crippen LogP contribution >= 0.6 is 24.4 Å². The number of rotatable bonds is 4. The minimum absolute atomic E-state index is 0.339. The van der Waals surface area contributed by atoms with Gasteiger partial charge in [-0.05, 0) is 24.6 Å². The molecule has 2 aromatic rings. The maximum absolute atomic E-state index is 12.1. The summed E-state index contributed by atoms with van der Waals surface area (Å²) in [6, 6.07) is 9.96. The van der Waals surface area contributed by atoms with Crippen molar-refractivity contribution in [3.63, 3.8) is 0 Å². The molecule has 5 heteroatoms. The average molecular weight is 306 g/mol. The van der Waals surface area contributed by atoms with E-state index in [2.05, 4.69) is 12.6 Å². The second-order valence-electron chi connectivity index (χ2n) is 4.06. The lowest BCUT2D eigenvalue weighted by Gasteiger charge is -2.05. The Hall–Kier alpha value is -1.46. The number of thiol groups is 1. The Morgan fingerprint density at radius 3 is 2.65 bits per heavy atom. The van der Waals surface area contributed by atoms with Gasteiger partial charge in [-0.2, -0.15) is 4.57 Å². The number of esters is 1. The second-order valence-corrected chi connectivity index (χ2v) is 5.63. The van der Waals surface area contributed by atoms with Crippen LogP contribution in [0.1, 0.15) is 6.92 Å². The lowest BCUT2D eigenvalue weighted by molar-refractivity contribution is -0.576. The van der Waals surface area contributed by atoms with Crippen molar-refractivity contribution in [1.82, 2.24) is 0 Å². The van der Waals surface area contributed by atoms with Crippen molar-refractivity contribution in [2.24, 2.45) is 0 Å². The minimum Gasteiger partial charge on any atom is -0.458 e. The van der Waals surface area contributed by atoms with Crippen LogP contribution < -0.4 is 4.57 Å². The number of hydrogen-bond donors (Lipinski definition) is 1. The minimum atomic E-state index is -0.368. The van der Waals surface area contributed by atoms with E-state index in [1.807, 2.05) is 49.0 Å². The van der Waals surface area contributed by atoms with Gasteiger partial charge in [0.05, 0.1) is 6.61 Å². The van der Waals surface area contributed by atoms with Crippen molar-refractivity contribution in [2.75, 3.05) is 12.9 Å². The van der Waals surface area contributed by atoms with Crippen LogP contribution in [0.4, 0.5) is 0 Å². The maximum Gasteiger partial charge on any atom is 0.405 e. The molecule has 1 aromatic carbocycles. The van der Waals surface area contributed by atoms with Crippen molar-refractivity contribution in [3.05, 3.63) is 47.0 Å². The van der Waals surface area contributed by atoms with Gasteiger partial charge in [0.2, 0.25) is 0 Å². The van der Waals surface area contributed by atoms with Crippen molar-refractivity contribution in [2.45, 2.75) is 6.92 Å². The number of ether oxygens (including phenoxy) is 1. The lowest BCUT2D eigenvalue weighted by atomic mass is 10.2. The molecule has 2 rings (SSSR count). The standard InChI is InChI=1S/C15H15NO2S2/c1-3-18-14(17)13(15(19)20-2)16-9-8-11-6-4-5-7-12(11)10-16/h4-10H,3H2,1-2H3/p+1. The molecule has 0 bridgehead atoms. The normalized spacial score (nSPS) is 12.2. The fourth-order valence-corrected chi connectivity index (χ4v) is 2.46. The van der Waals surface area contributed by atoms with Gasteiger partial charge in [0.25, 0.3) is 0 Å². The van der Waals surface area contributed by atoms with Crippen LogP contribution in [0, 0.1) is 0 Å². The van der Waals surface area contributed by atoms with E-state index >= 15 is 0 Å². The van der Waals surface area contributed by atoms with Gasteiger partial charge in [-0.15, -0.1) is 24.4 Å². The van der Waals surface area contributed by atoms with Gasteiger partial charge in [0, 0.05) is 11.5 Å². The number of carbonyl (C=O) groups excluding carboxylic acids is 1. The van der Waals surface area contributed by atoms with Crippen LogP contribution in [0.5, 0.6) is 0 Å². The number of thioether (sulfide) groups is 1. The fourth-order valence-electron chi connectivity index (χ4n) is 1.87. The predicted octanol–water partition coefficient (Wildman–Crippen LogP) is 3.11. The van der Waals surface area contributed by atoms with Crippen molar-refractivity contribution >= 4 is 46.8 Å². The van der Waals surface area contributed by atoms with E-state index in [9.17, 15) is 4.79 Å². The third kappa shape index (κ3) is 3.16. The van der Waals surface area contributed by atoms with Crippen molar-refractivity contribution in [3.8, 4) is 0 Å². The van der Waals surface area contributed by atoms with E-state index in [1.165, 1.54) is 11.8 Å².